The third kappa shape index (κ3) is 4.56. The monoisotopic (exact) mass is 475 g/mol. The number of halogens is 3. The molecule has 3 nitrogen and oxygen atoms in total. The van der Waals surface area contributed by atoms with Gasteiger partial charge < -0.3 is 5.32 Å². The maximum atomic E-state index is 14.0. The van der Waals surface area contributed by atoms with E-state index in [-0.39, 0.29) is 16.2 Å². The molecule has 0 atom stereocenters. The van der Waals surface area contributed by atoms with Crippen LogP contribution >= 0.6 is 11.8 Å². The van der Waals surface area contributed by atoms with Gasteiger partial charge in [0.25, 0.3) is 0 Å². The Morgan fingerprint density at radius 3 is 2.31 bits per heavy atom. The molecule has 8 heteroatoms. The van der Waals surface area contributed by atoms with Gasteiger partial charge in [0.15, 0.2) is 9.84 Å². The smallest absolute Gasteiger partial charge is 0.182 e. The summed E-state index contributed by atoms with van der Waals surface area (Å²) < 4.78 is 67.4. The van der Waals surface area contributed by atoms with E-state index in [1.165, 1.54) is 17.8 Å². The number of aryl methyl sites for hydroxylation is 2. The zero-order valence-electron chi connectivity index (χ0n) is 17.4. The molecule has 0 amide bonds. The van der Waals surface area contributed by atoms with Crippen LogP contribution in [0.4, 0.5) is 18.9 Å². The van der Waals surface area contributed by atoms with Crippen molar-refractivity contribution >= 4 is 33.4 Å². The molecule has 32 heavy (non-hydrogen) atoms. The fraction of sp³-hybridized carbons (Fsp3) is 0.167. The molecule has 0 aliphatic carbocycles. The molecule has 4 rings (SSSR count). The zero-order chi connectivity index (χ0) is 23.0. The second kappa shape index (κ2) is 8.67. The van der Waals surface area contributed by atoms with Crippen LogP contribution in [-0.2, 0) is 15.6 Å². The maximum Gasteiger partial charge on any atom is 0.182 e. The Morgan fingerprint density at radius 1 is 1.00 bits per heavy atom. The van der Waals surface area contributed by atoms with Gasteiger partial charge in [0.1, 0.15) is 17.5 Å². The molecule has 0 fully saturated rings. The highest BCUT2D eigenvalue weighted by molar-refractivity contribution is 8.03. The fourth-order valence-corrected chi connectivity index (χ4v) is 6.26. The van der Waals surface area contributed by atoms with Crippen molar-refractivity contribution in [3.05, 3.63) is 93.1 Å². The molecule has 0 saturated heterocycles. The Hall–Kier alpha value is -2.71. The third-order valence-electron chi connectivity index (χ3n) is 5.33. The number of thioether (sulfide) groups is 1. The van der Waals surface area contributed by atoms with Crippen LogP contribution in [0.2, 0.25) is 0 Å². The molecule has 0 unspecified atom stereocenters. The molecule has 1 aliphatic rings. The van der Waals surface area contributed by atoms with E-state index in [0.717, 1.165) is 22.4 Å². The molecule has 3 aromatic rings. The van der Waals surface area contributed by atoms with Crippen molar-refractivity contribution in [3.63, 3.8) is 0 Å². The largest absolute Gasteiger partial charge is 0.380 e. The topological polar surface area (TPSA) is 46.2 Å². The average molecular weight is 476 g/mol. The van der Waals surface area contributed by atoms with Crippen molar-refractivity contribution in [1.29, 1.82) is 0 Å². The van der Waals surface area contributed by atoms with E-state index < -0.39 is 27.3 Å². The second-order valence-electron chi connectivity index (χ2n) is 7.64. The molecule has 0 bridgehead atoms. The lowest BCUT2D eigenvalue weighted by atomic mass is 10.1. The number of fused-ring (bicyclic) bond motifs is 1. The number of sulfone groups is 1. The Bertz CT molecular complexity index is 1310. The standard InChI is InChI=1S/C24H20F3NO2S2/c1-14-4-3-5-15(2)20(14)13-32(29,30)18-6-7-23-24(11-18)31-17(12-28-23)10-19-21(26)8-16(25)9-22(19)27/h3-11,28H,12-13H2,1-2H3. The first-order valence-corrected chi connectivity index (χ1v) is 12.3. The van der Waals surface area contributed by atoms with Crippen molar-refractivity contribution in [2.45, 2.75) is 29.4 Å². The normalized spacial score (nSPS) is 14.8. The van der Waals surface area contributed by atoms with Gasteiger partial charge in [-0.3, -0.25) is 0 Å². The SMILES string of the molecule is Cc1cccc(C)c1CS(=O)(=O)c1ccc2c(c1)SC(=Cc1c(F)cc(F)cc1F)CN2. The van der Waals surface area contributed by atoms with Gasteiger partial charge >= 0.3 is 0 Å². The van der Waals surface area contributed by atoms with Gasteiger partial charge in [0.2, 0.25) is 0 Å². The molecule has 3 aromatic carbocycles. The lowest BCUT2D eigenvalue weighted by Gasteiger charge is -2.21. The Labute approximate surface area is 189 Å². The van der Waals surface area contributed by atoms with Crippen LogP contribution in [0.25, 0.3) is 6.08 Å². The predicted molar refractivity (Wildman–Crippen MR) is 122 cm³/mol. The van der Waals surface area contributed by atoms with Crippen molar-refractivity contribution < 1.29 is 21.6 Å². The van der Waals surface area contributed by atoms with Crippen LogP contribution in [0.1, 0.15) is 22.3 Å². The van der Waals surface area contributed by atoms with Gasteiger partial charge in [0.05, 0.1) is 10.6 Å². The number of benzene rings is 3. The summed E-state index contributed by atoms with van der Waals surface area (Å²) in [6.45, 7) is 4.08. The van der Waals surface area contributed by atoms with Crippen molar-refractivity contribution in [3.8, 4) is 0 Å². The van der Waals surface area contributed by atoms with Gasteiger partial charge in [-0.25, -0.2) is 21.6 Å². The quantitative estimate of drug-likeness (QED) is 0.484. The van der Waals surface area contributed by atoms with E-state index >= 15 is 0 Å². The van der Waals surface area contributed by atoms with E-state index in [9.17, 15) is 21.6 Å². The van der Waals surface area contributed by atoms with Crippen LogP contribution in [0.3, 0.4) is 0 Å². The first kappa shape index (κ1) is 22.5. The number of nitrogens with one attached hydrogen (secondary N) is 1. The summed E-state index contributed by atoms with van der Waals surface area (Å²) in [4.78, 5) is 1.38. The molecule has 1 heterocycles. The van der Waals surface area contributed by atoms with Gasteiger partial charge in [-0.15, -0.1) is 0 Å². The maximum absolute atomic E-state index is 14.0. The Kier molecular flexibility index (Phi) is 6.09. The molecular weight excluding hydrogens is 455 g/mol. The lowest BCUT2D eigenvalue weighted by Crippen LogP contribution is -2.12. The van der Waals surface area contributed by atoms with Crippen LogP contribution < -0.4 is 5.32 Å². The number of hydrogen-bond donors (Lipinski definition) is 1. The summed E-state index contributed by atoms with van der Waals surface area (Å²) in [6, 6.07) is 11.7. The van der Waals surface area contributed by atoms with Crippen LogP contribution in [0.5, 0.6) is 0 Å². The highest BCUT2D eigenvalue weighted by Crippen LogP contribution is 2.40. The van der Waals surface area contributed by atoms with Crippen molar-refractivity contribution in [2.75, 3.05) is 11.9 Å². The molecule has 166 valence electrons. The molecule has 0 aromatic heterocycles. The predicted octanol–water partition coefficient (Wildman–Crippen LogP) is 6.25. The van der Waals surface area contributed by atoms with E-state index in [1.54, 1.807) is 18.2 Å². The van der Waals surface area contributed by atoms with E-state index in [4.69, 9.17) is 0 Å². The molecule has 0 saturated carbocycles. The van der Waals surface area contributed by atoms with Crippen LogP contribution in [0.15, 0.2) is 63.2 Å². The minimum Gasteiger partial charge on any atom is -0.380 e. The highest BCUT2D eigenvalue weighted by atomic mass is 32.2. The molecule has 0 spiro atoms. The first-order chi connectivity index (χ1) is 15.1. The average Bonchev–Trinajstić information content (AvgIpc) is 2.73. The first-order valence-electron chi connectivity index (χ1n) is 9.83. The molecular formula is C24H20F3NO2S2. The summed E-state index contributed by atoms with van der Waals surface area (Å²) in [7, 11) is -3.61. The van der Waals surface area contributed by atoms with E-state index in [1.807, 2.05) is 32.0 Å². The van der Waals surface area contributed by atoms with Crippen molar-refractivity contribution in [2.24, 2.45) is 0 Å². The molecule has 0 radical (unpaired) electrons. The number of rotatable bonds is 4. The lowest BCUT2D eigenvalue weighted by molar-refractivity contribution is 0.540. The molecule has 1 N–H and O–H groups in total. The number of anilines is 1. The summed E-state index contributed by atoms with van der Waals surface area (Å²) in [5, 5.41) is 3.13. The van der Waals surface area contributed by atoms with Gasteiger partial charge in [-0.1, -0.05) is 30.0 Å². The van der Waals surface area contributed by atoms with Crippen LogP contribution in [0, 0.1) is 31.3 Å². The summed E-state index contributed by atoms with van der Waals surface area (Å²) in [6.07, 6.45) is 1.31. The second-order valence-corrected chi connectivity index (χ2v) is 10.8. The summed E-state index contributed by atoms with van der Waals surface area (Å²) in [5.41, 5.74) is 3.00. The molecule has 1 aliphatic heterocycles. The fourth-order valence-electron chi connectivity index (χ4n) is 3.57. The van der Waals surface area contributed by atoms with E-state index in [2.05, 4.69) is 5.32 Å². The van der Waals surface area contributed by atoms with Gasteiger partial charge in [-0.2, -0.15) is 0 Å². The third-order valence-corrected chi connectivity index (χ3v) is 8.06. The minimum absolute atomic E-state index is 0.114. The zero-order valence-corrected chi connectivity index (χ0v) is 19.0. The van der Waals surface area contributed by atoms with Crippen LogP contribution in [-0.4, -0.2) is 15.0 Å². The summed E-state index contributed by atoms with van der Waals surface area (Å²) in [5.74, 6) is -3.09. The highest BCUT2D eigenvalue weighted by Gasteiger charge is 2.22. The summed E-state index contributed by atoms with van der Waals surface area (Å²) >= 11 is 1.22. The minimum atomic E-state index is -3.61. The van der Waals surface area contributed by atoms with E-state index in [0.29, 0.717) is 28.5 Å². The Balaban J connectivity index is 1.65. The van der Waals surface area contributed by atoms with Gasteiger partial charge in [-0.05, 0) is 54.8 Å². The number of hydrogen-bond acceptors (Lipinski definition) is 4. The Morgan fingerprint density at radius 2 is 1.66 bits per heavy atom. The van der Waals surface area contributed by atoms with Crippen molar-refractivity contribution in [1.82, 2.24) is 0 Å². The van der Waals surface area contributed by atoms with Gasteiger partial charge in [0, 0.05) is 39.7 Å².